The van der Waals surface area contributed by atoms with Crippen LogP contribution in [0.2, 0.25) is 0 Å². The quantitative estimate of drug-likeness (QED) is 0.624. The third kappa shape index (κ3) is 5.28. The number of carbonyl (C=O) groups is 1. The van der Waals surface area contributed by atoms with Crippen LogP contribution in [0.15, 0.2) is 59.6 Å². The number of rotatable bonds is 3. The molecule has 1 aromatic carbocycles. The molecule has 3 heterocycles. The number of aromatic nitrogens is 1. The maximum Gasteiger partial charge on any atom is 0.410 e. The number of pyridine rings is 1. The van der Waals surface area contributed by atoms with Crippen molar-refractivity contribution in [3.63, 3.8) is 0 Å². The maximum absolute atomic E-state index is 12.3. The van der Waals surface area contributed by atoms with Gasteiger partial charge in [0, 0.05) is 50.3 Å². The first-order valence-corrected chi connectivity index (χ1v) is 12.3. The molecule has 182 valence electrons. The molecule has 1 amide bonds. The third-order valence-corrected chi connectivity index (χ3v) is 6.33. The summed E-state index contributed by atoms with van der Waals surface area (Å²) in [7, 11) is 0. The lowest BCUT2D eigenvalue weighted by Gasteiger charge is -2.36. The monoisotopic (exact) mass is 472 g/mol. The van der Waals surface area contributed by atoms with Gasteiger partial charge in [-0.05, 0) is 50.8 Å². The summed E-state index contributed by atoms with van der Waals surface area (Å²) in [6.07, 6.45) is 3.88. The van der Waals surface area contributed by atoms with Crippen molar-refractivity contribution in [2.24, 2.45) is 0 Å². The highest BCUT2D eigenvalue weighted by atomic mass is 16.6. The maximum atomic E-state index is 12.3. The number of hydrogen-bond donors (Lipinski definition) is 0. The number of fused-ring (bicyclic) bond motifs is 1. The van der Waals surface area contributed by atoms with Crippen LogP contribution in [0, 0.1) is 0 Å². The van der Waals surface area contributed by atoms with E-state index in [1.165, 1.54) is 5.69 Å². The van der Waals surface area contributed by atoms with Gasteiger partial charge in [-0.1, -0.05) is 23.9 Å². The highest BCUT2D eigenvalue weighted by Gasteiger charge is 2.26. The van der Waals surface area contributed by atoms with Crippen molar-refractivity contribution in [3.05, 3.63) is 65.3 Å². The average molecular weight is 473 g/mol. The summed E-state index contributed by atoms with van der Waals surface area (Å²) in [5, 5.41) is 1.15. The molecule has 3 aliphatic rings. The number of ether oxygens (including phenoxy) is 2. The van der Waals surface area contributed by atoms with Crippen molar-refractivity contribution in [1.82, 2.24) is 14.8 Å². The first-order valence-electron chi connectivity index (χ1n) is 12.3. The van der Waals surface area contributed by atoms with Crippen LogP contribution in [0.1, 0.15) is 26.5 Å². The molecule has 0 spiro atoms. The second-order valence-electron chi connectivity index (χ2n) is 9.98. The standard InChI is InChI=1S/C28H32N4O3/c1-28(2,3)35-27(33)32-14-12-30(13-15-32)22-10-8-21(9-11-22)25-20-26(31-16-18-34-19-17-31)23-6-4-5-7-24(23)29-25/h4-8,10,20H,12-19H2,1-3H3. The van der Waals surface area contributed by atoms with Gasteiger partial charge in [0.2, 0.25) is 0 Å². The highest BCUT2D eigenvalue weighted by molar-refractivity contribution is 5.94. The lowest BCUT2D eigenvalue weighted by Crippen LogP contribution is -2.49. The number of piperazine rings is 1. The van der Waals surface area contributed by atoms with Gasteiger partial charge in [-0.2, -0.15) is 0 Å². The molecule has 7 nitrogen and oxygen atoms in total. The Morgan fingerprint density at radius 2 is 1.71 bits per heavy atom. The van der Waals surface area contributed by atoms with Crippen LogP contribution in [0.4, 0.5) is 10.5 Å². The van der Waals surface area contributed by atoms with Gasteiger partial charge in [-0.15, -0.1) is 0 Å². The van der Waals surface area contributed by atoms with Crippen molar-refractivity contribution >= 4 is 28.3 Å². The van der Waals surface area contributed by atoms with Crippen LogP contribution in [0.25, 0.3) is 16.5 Å². The largest absolute Gasteiger partial charge is 0.444 e. The van der Waals surface area contributed by atoms with E-state index in [1.807, 2.05) is 26.8 Å². The number of nitrogens with zero attached hydrogens (tertiary/aromatic N) is 4. The van der Waals surface area contributed by atoms with Gasteiger partial charge in [-0.3, -0.25) is 0 Å². The van der Waals surface area contributed by atoms with Crippen molar-refractivity contribution in [3.8, 4) is 0 Å². The average Bonchev–Trinajstić information content (AvgIpc) is 2.88. The minimum Gasteiger partial charge on any atom is -0.444 e. The number of morpholine rings is 1. The number of amides is 1. The smallest absolute Gasteiger partial charge is 0.410 e. The zero-order chi connectivity index (χ0) is 24.4. The summed E-state index contributed by atoms with van der Waals surface area (Å²) in [6.45, 7) is 11.6. The van der Waals surface area contributed by atoms with Crippen molar-refractivity contribution in [2.75, 3.05) is 57.4 Å². The molecule has 2 fully saturated rings. The predicted molar refractivity (Wildman–Crippen MR) is 137 cm³/mol. The molecule has 2 saturated heterocycles. The van der Waals surface area contributed by atoms with Gasteiger partial charge in [0.1, 0.15) is 5.60 Å². The van der Waals surface area contributed by atoms with Crippen LogP contribution in [-0.2, 0) is 9.47 Å². The second-order valence-corrected chi connectivity index (χ2v) is 9.98. The zero-order valence-electron chi connectivity index (χ0n) is 20.7. The zero-order valence-corrected chi connectivity index (χ0v) is 20.7. The SMILES string of the molecule is CC(C)(C)OC(=O)N1CCN(C2=C=C=C(c3cc(N4CCOCC4)c4ccccc4n3)C=C2)CC1. The summed E-state index contributed by atoms with van der Waals surface area (Å²) in [5.41, 5.74) is 11.1. The first kappa shape index (κ1) is 23.3. The van der Waals surface area contributed by atoms with Gasteiger partial charge < -0.3 is 24.2 Å². The summed E-state index contributed by atoms with van der Waals surface area (Å²) in [6, 6.07) is 10.4. The number of para-hydroxylation sites is 1. The first-order chi connectivity index (χ1) is 16.9. The molecule has 0 unspecified atom stereocenters. The van der Waals surface area contributed by atoms with Crippen molar-refractivity contribution in [2.45, 2.75) is 26.4 Å². The van der Waals surface area contributed by atoms with Gasteiger partial charge >= 0.3 is 6.09 Å². The number of carbonyl (C=O) groups excluding carboxylic acids is 1. The van der Waals surface area contributed by atoms with Crippen molar-refractivity contribution in [1.29, 1.82) is 0 Å². The Labute approximate surface area is 206 Å². The highest BCUT2D eigenvalue weighted by Crippen LogP contribution is 2.30. The second kappa shape index (κ2) is 9.63. The number of allylic oxidation sites excluding steroid dienone is 3. The molecule has 1 aliphatic carbocycles. The molecule has 2 aromatic rings. The van der Waals surface area contributed by atoms with E-state index < -0.39 is 5.60 Å². The molecule has 2 aliphatic heterocycles. The van der Waals surface area contributed by atoms with Gasteiger partial charge in [0.15, 0.2) is 0 Å². The molecular weight excluding hydrogens is 440 g/mol. The van der Waals surface area contributed by atoms with E-state index in [9.17, 15) is 4.79 Å². The van der Waals surface area contributed by atoms with Crippen LogP contribution in [-0.4, -0.2) is 79.0 Å². The van der Waals surface area contributed by atoms with Crippen molar-refractivity contribution < 1.29 is 14.3 Å². The van der Waals surface area contributed by atoms with E-state index in [4.69, 9.17) is 14.5 Å². The molecule has 0 saturated carbocycles. The normalized spacial score (nSPS) is 18.5. The Morgan fingerprint density at radius 1 is 0.971 bits per heavy atom. The summed E-state index contributed by atoms with van der Waals surface area (Å²) < 4.78 is 11.1. The van der Waals surface area contributed by atoms with E-state index in [2.05, 4.69) is 57.7 Å². The predicted octanol–water partition coefficient (Wildman–Crippen LogP) is 4.22. The molecule has 7 heteroatoms. The lowest BCUT2D eigenvalue weighted by atomic mass is 10.1. The van der Waals surface area contributed by atoms with Crippen LogP contribution < -0.4 is 4.90 Å². The number of hydrogen-bond acceptors (Lipinski definition) is 6. The Balaban J connectivity index is 1.37. The minimum absolute atomic E-state index is 0.249. The molecule has 0 atom stereocenters. The molecule has 5 rings (SSSR count). The lowest BCUT2D eigenvalue weighted by molar-refractivity contribution is 0.0171. The van der Waals surface area contributed by atoms with Crippen LogP contribution in [0.5, 0.6) is 0 Å². The fourth-order valence-corrected chi connectivity index (χ4v) is 4.53. The third-order valence-electron chi connectivity index (χ3n) is 6.33. The fraction of sp³-hybridized carbons (Fsp3) is 0.429. The Kier molecular flexibility index (Phi) is 6.40. The van der Waals surface area contributed by atoms with E-state index in [-0.39, 0.29) is 6.09 Å². The molecule has 0 radical (unpaired) electrons. The van der Waals surface area contributed by atoms with Gasteiger partial charge in [0.05, 0.1) is 35.7 Å². The minimum atomic E-state index is -0.481. The summed E-state index contributed by atoms with van der Waals surface area (Å²) >= 11 is 0. The molecule has 35 heavy (non-hydrogen) atoms. The molecule has 1 aromatic heterocycles. The summed E-state index contributed by atoms with van der Waals surface area (Å²) in [4.78, 5) is 23.6. The fourth-order valence-electron chi connectivity index (χ4n) is 4.53. The summed E-state index contributed by atoms with van der Waals surface area (Å²) in [5.74, 6) is 0. The van der Waals surface area contributed by atoms with E-state index in [0.717, 1.165) is 67.3 Å². The number of anilines is 1. The van der Waals surface area contributed by atoms with Crippen LogP contribution in [0.3, 0.4) is 0 Å². The topological polar surface area (TPSA) is 58.1 Å². The van der Waals surface area contributed by atoms with E-state index in [0.29, 0.717) is 13.1 Å². The Bertz CT molecular complexity index is 1250. The van der Waals surface area contributed by atoms with E-state index in [1.54, 1.807) is 4.90 Å². The van der Waals surface area contributed by atoms with Gasteiger partial charge in [-0.25, -0.2) is 9.78 Å². The van der Waals surface area contributed by atoms with Gasteiger partial charge in [0.25, 0.3) is 0 Å². The van der Waals surface area contributed by atoms with E-state index >= 15 is 0 Å². The molecule has 0 N–H and O–H groups in total. The number of benzene rings is 1. The van der Waals surface area contributed by atoms with Crippen LogP contribution >= 0.6 is 0 Å². The Hall–Kier alpha value is -3.50. The molecular formula is C28H32N4O3. The Morgan fingerprint density at radius 3 is 2.40 bits per heavy atom. The molecule has 0 bridgehead atoms.